The van der Waals surface area contributed by atoms with Gasteiger partial charge in [-0.1, -0.05) is 0 Å². The van der Waals surface area contributed by atoms with Crippen LogP contribution in [-0.4, -0.2) is 11.8 Å². The van der Waals surface area contributed by atoms with Crippen LogP contribution < -0.4 is 9.47 Å². The highest BCUT2D eigenvalue weighted by Crippen LogP contribution is 2.30. The lowest BCUT2D eigenvalue weighted by Gasteiger charge is -1.97. The number of hydrogen-bond donors (Lipinski definition) is 0. The Morgan fingerprint density at radius 2 is 2.42 bits per heavy atom. The fourth-order valence-electron chi connectivity index (χ4n) is 1.04. The highest BCUT2D eigenvalue weighted by atomic mass is 16.7. The third-order valence-corrected chi connectivity index (χ3v) is 1.66. The van der Waals surface area contributed by atoms with Gasteiger partial charge in [0.2, 0.25) is 6.79 Å². The molecule has 1 aromatic rings. The second-order valence-electron chi connectivity index (χ2n) is 2.48. The Bertz CT molecular complexity index is 367. The molecule has 1 aliphatic rings. The third kappa shape index (κ3) is 0.873. The monoisotopic (exact) mass is 162 g/mol. The first-order valence-electron chi connectivity index (χ1n) is 3.48. The third-order valence-electron chi connectivity index (χ3n) is 1.66. The molecule has 0 saturated carbocycles. The molecule has 1 aromatic heterocycles. The zero-order valence-corrected chi connectivity index (χ0v) is 6.50. The molecule has 0 spiro atoms. The molecule has 0 radical (unpaired) electrons. The molecule has 0 aliphatic carbocycles. The van der Waals surface area contributed by atoms with Gasteiger partial charge >= 0.3 is 0 Å². The van der Waals surface area contributed by atoms with Crippen LogP contribution in [0.1, 0.15) is 11.3 Å². The van der Waals surface area contributed by atoms with Crippen molar-refractivity contribution in [2.75, 3.05) is 6.79 Å². The van der Waals surface area contributed by atoms with Gasteiger partial charge in [0, 0.05) is 0 Å². The Morgan fingerprint density at radius 3 is 3.17 bits per heavy atom. The number of fused-ring (bicyclic) bond motifs is 1. The van der Waals surface area contributed by atoms with Crippen LogP contribution in [0, 0.1) is 18.3 Å². The predicted octanol–water partition coefficient (Wildman–Crippen LogP) is 0.990. The minimum absolute atomic E-state index is 0.191. The minimum atomic E-state index is 0.191. The maximum absolute atomic E-state index is 8.64. The van der Waals surface area contributed by atoms with Crippen molar-refractivity contribution >= 4 is 0 Å². The molecule has 0 fully saturated rings. The standard InChI is InChI=1S/C8H6N2O2/c1-5-2-7-8(12-4-11-7)10-6(5)3-9/h2H,4H2,1H3. The van der Waals surface area contributed by atoms with E-state index >= 15 is 0 Å². The highest BCUT2D eigenvalue weighted by molar-refractivity contribution is 5.44. The number of rotatable bonds is 0. The van der Waals surface area contributed by atoms with Crippen molar-refractivity contribution in [1.29, 1.82) is 5.26 Å². The Morgan fingerprint density at radius 1 is 1.58 bits per heavy atom. The maximum Gasteiger partial charge on any atom is 0.261 e. The van der Waals surface area contributed by atoms with Crippen molar-refractivity contribution in [2.45, 2.75) is 6.92 Å². The van der Waals surface area contributed by atoms with Crippen LogP contribution in [0.2, 0.25) is 0 Å². The van der Waals surface area contributed by atoms with Gasteiger partial charge in [0.15, 0.2) is 5.75 Å². The summed E-state index contributed by atoms with van der Waals surface area (Å²) in [5.41, 5.74) is 1.20. The zero-order chi connectivity index (χ0) is 8.55. The fraction of sp³-hybridized carbons (Fsp3) is 0.250. The van der Waals surface area contributed by atoms with Crippen LogP contribution in [0.25, 0.3) is 0 Å². The van der Waals surface area contributed by atoms with Crippen LogP contribution >= 0.6 is 0 Å². The summed E-state index contributed by atoms with van der Waals surface area (Å²) in [5.74, 6) is 1.03. The molecule has 60 valence electrons. The summed E-state index contributed by atoms with van der Waals surface area (Å²) in [6.07, 6.45) is 0. The summed E-state index contributed by atoms with van der Waals surface area (Å²) in [7, 11) is 0. The summed E-state index contributed by atoms with van der Waals surface area (Å²) in [6, 6.07) is 3.74. The lowest BCUT2D eigenvalue weighted by Crippen LogP contribution is -1.93. The Kier molecular flexibility index (Phi) is 1.37. The lowest BCUT2D eigenvalue weighted by atomic mass is 10.2. The van der Waals surface area contributed by atoms with Gasteiger partial charge in [0.25, 0.3) is 5.88 Å². The number of ether oxygens (including phenoxy) is 2. The van der Waals surface area contributed by atoms with Crippen LogP contribution in [0.4, 0.5) is 0 Å². The molecule has 4 nitrogen and oxygen atoms in total. The molecule has 0 aromatic carbocycles. The molecule has 12 heavy (non-hydrogen) atoms. The normalized spacial score (nSPS) is 12.7. The summed E-state index contributed by atoms with van der Waals surface area (Å²) >= 11 is 0. The molecule has 2 heterocycles. The number of nitrogens with zero attached hydrogens (tertiary/aromatic N) is 2. The minimum Gasteiger partial charge on any atom is -0.452 e. The first kappa shape index (κ1) is 6.92. The molecular formula is C8H6N2O2. The van der Waals surface area contributed by atoms with Gasteiger partial charge in [-0.05, 0) is 18.6 Å². The maximum atomic E-state index is 8.64. The largest absolute Gasteiger partial charge is 0.452 e. The van der Waals surface area contributed by atoms with Crippen molar-refractivity contribution in [3.8, 4) is 17.7 Å². The average molecular weight is 162 g/mol. The molecular weight excluding hydrogens is 156 g/mol. The van der Waals surface area contributed by atoms with Crippen molar-refractivity contribution < 1.29 is 9.47 Å². The van der Waals surface area contributed by atoms with E-state index in [0.29, 0.717) is 17.3 Å². The number of hydrogen-bond acceptors (Lipinski definition) is 4. The molecule has 0 amide bonds. The number of aryl methyl sites for hydroxylation is 1. The second-order valence-corrected chi connectivity index (χ2v) is 2.48. The molecule has 0 saturated heterocycles. The molecule has 1 aliphatic heterocycles. The van der Waals surface area contributed by atoms with E-state index in [1.54, 1.807) is 6.07 Å². The van der Waals surface area contributed by atoms with E-state index in [-0.39, 0.29) is 6.79 Å². The Hall–Kier alpha value is -1.76. The quantitative estimate of drug-likeness (QED) is 0.570. The summed E-state index contributed by atoms with van der Waals surface area (Å²) in [4.78, 5) is 3.96. The molecule has 0 bridgehead atoms. The Balaban J connectivity index is 2.59. The van der Waals surface area contributed by atoms with E-state index < -0.39 is 0 Å². The molecule has 0 unspecified atom stereocenters. The van der Waals surface area contributed by atoms with Gasteiger partial charge in [-0.25, -0.2) is 0 Å². The van der Waals surface area contributed by atoms with Gasteiger partial charge < -0.3 is 9.47 Å². The van der Waals surface area contributed by atoms with Gasteiger partial charge in [-0.3, -0.25) is 0 Å². The first-order valence-corrected chi connectivity index (χ1v) is 3.48. The molecule has 4 heteroatoms. The Labute approximate surface area is 69.4 Å². The smallest absolute Gasteiger partial charge is 0.261 e. The van der Waals surface area contributed by atoms with Crippen molar-refractivity contribution in [3.05, 3.63) is 17.3 Å². The number of aromatic nitrogens is 1. The zero-order valence-electron chi connectivity index (χ0n) is 6.50. The van der Waals surface area contributed by atoms with Crippen molar-refractivity contribution in [2.24, 2.45) is 0 Å². The fourth-order valence-corrected chi connectivity index (χ4v) is 1.04. The van der Waals surface area contributed by atoms with Crippen LogP contribution in [0.15, 0.2) is 6.07 Å². The summed E-state index contributed by atoms with van der Waals surface area (Å²) in [6.45, 7) is 2.00. The SMILES string of the molecule is Cc1cc2c(nc1C#N)OCO2. The van der Waals surface area contributed by atoms with Gasteiger partial charge in [-0.2, -0.15) is 10.2 Å². The number of nitriles is 1. The van der Waals surface area contributed by atoms with E-state index in [4.69, 9.17) is 14.7 Å². The number of pyridine rings is 1. The van der Waals surface area contributed by atoms with Gasteiger partial charge in [0.05, 0.1) is 0 Å². The van der Waals surface area contributed by atoms with E-state index in [2.05, 4.69) is 4.98 Å². The highest BCUT2D eigenvalue weighted by Gasteiger charge is 2.16. The molecule has 0 atom stereocenters. The van der Waals surface area contributed by atoms with Gasteiger partial charge in [-0.15, -0.1) is 0 Å². The van der Waals surface area contributed by atoms with Crippen LogP contribution in [0.3, 0.4) is 0 Å². The van der Waals surface area contributed by atoms with E-state index in [1.807, 2.05) is 13.0 Å². The summed E-state index contributed by atoms with van der Waals surface area (Å²) < 4.78 is 10.1. The van der Waals surface area contributed by atoms with Crippen molar-refractivity contribution in [1.82, 2.24) is 4.98 Å². The summed E-state index contributed by atoms with van der Waals surface area (Å²) in [5, 5.41) is 8.64. The van der Waals surface area contributed by atoms with Crippen LogP contribution in [0.5, 0.6) is 11.6 Å². The van der Waals surface area contributed by atoms with Gasteiger partial charge in [0.1, 0.15) is 11.8 Å². The molecule has 2 rings (SSSR count). The first-order chi connectivity index (χ1) is 5.81. The predicted molar refractivity (Wildman–Crippen MR) is 39.8 cm³/mol. The lowest BCUT2D eigenvalue weighted by molar-refractivity contribution is 0.171. The molecule has 0 N–H and O–H groups in total. The van der Waals surface area contributed by atoms with Crippen molar-refractivity contribution in [3.63, 3.8) is 0 Å². The second kappa shape index (κ2) is 2.38. The van der Waals surface area contributed by atoms with Crippen LogP contribution in [-0.2, 0) is 0 Å². The average Bonchev–Trinajstić information content (AvgIpc) is 2.49. The van der Waals surface area contributed by atoms with E-state index in [9.17, 15) is 0 Å². The topological polar surface area (TPSA) is 55.1 Å². The van der Waals surface area contributed by atoms with E-state index in [1.165, 1.54) is 0 Å². The van der Waals surface area contributed by atoms with E-state index in [0.717, 1.165) is 5.56 Å².